The number of hydrogen-bond acceptors (Lipinski definition) is 4. The molecule has 1 fully saturated rings. The Morgan fingerprint density at radius 2 is 1.70 bits per heavy atom. The molecule has 172 valence electrons. The van der Waals surface area contributed by atoms with Gasteiger partial charge in [-0.05, 0) is 66.9 Å². The second-order valence-corrected chi connectivity index (χ2v) is 8.97. The van der Waals surface area contributed by atoms with Crippen molar-refractivity contribution in [2.45, 2.75) is 26.5 Å². The number of nitrogens with one attached hydrogen (secondary N) is 1. The maximum Gasteiger partial charge on any atom is 0.252 e. The topological polar surface area (TPSA) is 55.8 Å². The van der Waals surface area contributed by atoms with Crippen molar-refractivity contribution in [1.82, 2.24) is 10.2 Å². The Kier molecular flexibility index (Phi) is 7.11. The standard InChI is InChI=1S/C28H33N3O2/c1-20-7-12-26(31-15-13-30(3)14-16-31)18-27(20)28(33)29-21(2)24-5-4-6-25(17-24)23-10-8-22(19-32)9-11-23/h4-12,17-18,21,32H,13-16,19H2,1-3H3,(H,29,33)/t21-/m1/s1. The van der Waals surface area contributed by atoms with Crippen LogP contribution in [-0.4, -0.2) is 49.1 Å². The molecule has 0 saturated carbocycles. The first kappa shape index (κ1) is 23.0. The molecule has 3 aromatic rings. The van der Waals surface area contributed by atoms with E-state index in [4.69, 9.17) is 0 Å². The fourth-order valence-corrected chi connectivity index (χ4v) is 4.26. The Labute approximate surface area is 196 Å². The second kappa shape index (κ2) is 10.2. The van der Waals surface area contributed by atoms with Crippen molar-refractivity contribution in [1.29, 1.82) is 0 Å². The van der Waals surface area contributed by atoms with Crippen LogP contribution in [0.25, 0.3) is 11.1 Å². The molecular weight excluding hydrogens is 410 g/mol. The van der Waals surface area contributed by atoms with Gasteiger partial charge in [-0.1, -0.05) is 48.5 Å². The number of nitrogens with zero attached hydrogens (tertiary/aromatic N) is 2. The number of amides is 1. The number of piperazine rings is 1. The molecule has 5 heteroatoms. The summed E-state index contributed by atoms with van der Waals surface area (Å²) in [6, 6.07) is 22.2. The number of aliphatic hydroxyl groups is 1. The van der Waals surface area contributed by atoms with E-state index >= 15 is 0 Å². The normalized spacial score (nSPS) is 15.3. The van der Waals surface area contributed by atoms with Gasteiger partial charge in [-0.2, -0.15) is 0 Å². The summed E-state index contributed by atoms with van der Waals surface area (Å²) in [5, 5.41) is 12.5. The number of aliphatic hydroxyl groups excluding tert-OH is 1. The quantitative estimate of drug-likeness (QED) is 0.593. The van der Waals surface area contributed by atoms with Crippen molar-refractivity contribution in [3.63, 3.8) is 0 Å². The number of benzene rings is 3. The maximum atomic E-state index is 13.2. The van der Waals surface area contributed by atoms with E-state index in [1.807, 2.05) is 62.4 Å². The molecular formula is C28H33N3O2. The van der Waals surface area contributed by atoms with Crippen LogP contribution < -0.4 is 10.2 Å². The molecule has 1 aliphatic rings. The number of aryl methyl sites for hydroxylation is 1. The summed E-state index contributed by atoms with van der Waals surface area (Å²) in [7, 11) is 2.14. The van der Waals surface area contributed by atoms with Gasteiger partial charge in [0.15, 0.2) is 0 Å². The summed E-state index contributed by atoms with van der Waals surface area (Å²) < 4.78 is 0. The summed E-state index contributed by atoms with van der Waals surface area (Å²) in [6.45, 7) is 8.07. The molecule has 0 aliphatic carbocycles. The molecule has 1 aliphatic heterocycles. The highest BCUT2D eigenvalue weighted by Gasteiger charge is 2.18. The van der Waals surface area contributed by atoms with Gasteiger partial charge in [-0.25, -0.2) is 0 Å². The second-order valence-electron chi connectivity index (χ2n) is 8.97. The summed E-state index contributed by atoms with van der Waals surface area (Å²) >= 11 is 0. The monoisotopic (exact) mass is 443 g/mol. The highest BCUT2D eigenvalue weighted by Crippen LogP contribution is 2.25. The molecule has 0 unspecified atom stereocenters. The number of likely N-dealkylation sites (N-methyl/N-ethyl adjacent to an activating group) is 1. The lowest BCUT2D eigenvalue weighted by molar-refractivity contribution is 0.0939. The number of carbonyl (C=O) groups is 1. The molecule has 0 bridgehead atoms. The molecule has 0 spiro atoms. The van der Waals surface area contributed by atoms with Gasteiger partial charge in [0.25, 0.3) is 5.91 Å². The molecule has 3 aromatic carbocycles. The third kappa shape index (κ3) is 5.44. The van der Waals surface area contributed by atoms with Gasteiger partial charge in [-0.15, -0.1) is 0 Å². The summed E-state index contributed by atoms with van der Waals surface area (Å²) in [5.74, 6) is -0.0475. The largest absolute Gasteiger partial charge is 0.392 e. The Bertz CT molecular complexity index is 1100. The summed E-state index contributed by atoms with van der Waals surface area (Å²) in [5.41, 5.74) is 6.95. The van der Waals surface area contributed by atoms with Crippen molar-refractivity contribution in [2.75, 3.05) is 38.1 Å². The average Bonchev–Trinajstić information content (AvgIpc) is 2.85. The van der Waals surface area contributed by atoms with Crippen molar-refractivity contribution in [3.8, 4) is 11.1 Å². The number of anilines is 1. The van der Waals surface area contributed by atoms with Crippen LogP contribution in [0.5, 0.6) is 0 Å². The zero-order valence-electron chi connectivity index (χ0n) is 19.7. The highest BCUT2D eigenvalue weighted by molar-refractivity contribution is 5.96. The van der Waals surface area contributed by atoms with E-state index in [2.05, 4.69) is 40.4 Å². The SMILES string of the molecule is Cc1ccc(N2CCN(C)CC2)cc1C(=O)N[C@H](C)c1cccc(-c2ccc(CO)cc2)c1. The van der Waals surface area contributed by atoms with Crippen molar-refractivity contribution in [3.05, 3.63) is 89.0 Å². The Hall–Kier alpha value is -3.15. The Morgan fingerprint density at radius 1 is 0.970 bits per heavy atom. The molecule has 1 amide bonds. The maximum absolute atomic E-state index is 13.2. The predicted molar refractivity (Wildman–Crippen MR) is 135 cm³/mol. The number of hydrogen-bond donors (Lipinski definition) is 2. The van der Waals surface area contributed by atoms with Gasteiger partial charge < -0.3 is 20.2 Å². The third-order valence-corrected chi connectivity index (χ3v) is 6.54. The van der Waals surface area contributed by atoms with Crippen LogP contribution in [0.3, 0.4) is 0 Å². The average molecular weight is 444 g/mol. The van der Waals surface area contributed by atoms with Crippen molar-refractivity contribution in [2.24, 2.45) is 0 Å². The van der Waals surface area contributed by atoms with Gasteiger partial charge in [0.1, 0.15) is 0 Å². The Morgan fingerprint density at radius 3 is 2.39 bits per heavy atom. The molecule has 4 rings (SSSR count). The smallest absolute Gasteiger partial charge is 0.252 e. The van der Waals surface area contributed by atoms with Gasteiger partial charge in [0.2, 0.25) is 0 Å². The van der Waals surface area contributed by atoms with E-state index in [1.54, 1.807) is 0 Å². The van der Waals surface area contributed by atoms with E-state index in [1.165, 1.54) is 0 Å². The summed E-state index contributed by atoms with van der Waals surface area (Å²) in [6.07, 6.45) is 0. The van der Waals surface area contributed by atoms with Crippen LogP contribution in [-0.2, 0) is 6.61 Å². The predicted octanol–water partition coefficient (Wildman–Crippen LogP) is 4.40. The zero-order chi connectivity index (χ0) is 23.4. The zero-order valence-corrected chi connectivity index (χ0v) is 19.7. The fraction of sp³-hybridized carbons (Fsp3) is 0.321. The molecule has 1 heterocycles. The van der Waals surface area contributed by atoms with E-state index in [-0.39, 0.29) is 18.6 Å². The lowest BCUT2D eigenvalue weighted by Crippen LogP contribution is -2.44. The first-order valence-corrected chi connectivity index (χ1v) is 11.6. The van der Waals surface area contributed by atoms with Crippen molar-refractivity contribution < 1.29 is 9.90 Å². The number of carbonyl (C=O) groups excluding carboxylic acids is 1. The first-order chi connectivity index (χ1) is 15.9. The molecule has 33 heavy (non-hydrogen) atoms. The minimum Gasteiger partial charge on any atom is -0.392 e. The van der Waals surface area contributed by atoms with Crippen LogP contribution in [0.1, 0.15) is 40.0 Å². The fourth-order valence-electron chi connectivity index (χ4n) is 4.26. The van der Waals surface area contributed by atoms with Crippen LogP contribution in [0, 0.1) is 6.92 Å². The first-order valence-electron chi connectivity index (χ1n) is 11.6. The lowest BCUT2D eigenvalue weighted by Gasteiger charge is -2.34. The minimum absolute atomic E-state index is 0.0405. The van der Waals surface area contributed by atoms with Crippen LogP contribution >= 0.6 is 0 Å². The molecule has 1 saturated heterocycles. The minimum atomic E-state index is -0.124. The molecule has 2 N–H and O–H groups in total. The molecule has 5 nitrogen and oxygen atoms in total. The van der Waals surface area contributed by atoms with E-state index in [9.17, 15) is 9.90 Å². The Balaban J connectivity index is 1.49. The van der Waals surface area contributed by atoms with Gasteiger partial charge >= 0.3 is 0 Å². The van der Waals surface area contributed by atoms with Crippen LogP contribution in [0.15, 0.2) is 66.7 Å². The van der Waals surface area contributed by atoms with Gasteiger partial charge in [-0.3, -0.25) is 4.79 Å². The van der Waals surface area contributed by atoms with Crippen LogP contribution in [0.4, 0.5) is 5.69 Å². The van der Waals surface area contributed by atoms with E-state index in [0.717, 1.165) is 65.2 Å². The molecule has 1 atom stereocenters. The van der Waals surface area contributed by atoms with E-state index in [0.29, 0.717) is 0 Å². The van der Waals surface area contributed by atoms with Crippen LogP contribution in [0.2, 0.25) is 0 Å². The van der Waals surface area contributed by atoms with E-state index < -0.39 is 0 Å². The van der Waals surface area contributed by atoms with Gasteiger partial charge in [0, 0.05) is 37.4 Å². The molecule has 0 radical (unpaired) electrons. The number of rotatable bonds is 6. The highest BCUT2D eigenvalue weighted by atomic mass is 16.3. The third-order valence-electron chi connectivity index (χ3n) is 6.54. The lowest BCUT2D eigenvalue weighted by atomic mass is 9.99. The molecule has 0 aromatic heterocycles. The summed E-state index contributed by atoms with van der Waals surface area (Å²) in [4.78, 5) is 17.9. The van der Waals surface area contributed by atoms with Gasteiger partial charge in [0.05, 0.1) is 12.6 Å². The van der Waals surface area contributed by atoms with Crippen molar-refractivity contribution >= 4 is 11.6 Å².